The van der Waals surface area contributed by atoms with Gasteiger partial charge in [0.2, 0.25) is 0 Å². The minimum absolute atomic E-state index is 0.340. The Morgan fingerprint density at radius 1 is 1.50 bits per heavy atom. The third-order valence-electron chi connectivity index (χ3n) is 2.18. The summed E-state index contributed by atoms with van der Waals surface area (Å²) < 4.78 is 0. The maximum absolute atomic E-state index is 8.56. The molecule has 10 heavy (non-hydrogen) atoms. The number of rotatable bonds is 3. The molecule has 0 bridgehead atoms. The largest absolute Gasteiger partial charge is 0.396 e. The molecule has 0 saturated carbocycles. The predicted octanol–water partition coefficient (Wildman–Crippen LogP) is 0.899. The van der Waals surface area contributed by atoms with Crippen molar-refractivity contribution in [2.45, 2.75) is 44.7 Å². The minimum Gasteiger partial charge on any atom is -0.396 e. The Morgan fingerprint density at radius 2 is 2.30 bits per heavy atom. The van der Waals surface area contributed by atoms with E-state index in [0.717, 1.165) is 12.8 Å². The van der Waals surface area contributed by atoms with E-state index in [4.69, 9.17) is 5.11 Å². The predicted molar refractivity (Wildman–Crippen MR) is 41.9 cm³/mol. The van der Waals surface area contributed by atoms with Gasteiger partial charge in [-0.2, -0.15) is 0 Å². The van der Waals surface area contributed by atoms with Crippen molar-refractivity contribution < 1.29 is 5.11 Å². The lowest BCUT2D eigenvalue weighted by Gasteiger charge is -2.09. The van der Waals surface area contributed by atoms with Gasteiger partial charge in [-0.3, -0.25) is 0 Å². The molecule has 0 spiro atoms. The molecule has 0 radical (unpaired) electrons. The van der Waals surface area contributed by atoms with E-state index in [1.54, 1.807) is 0 Å². The maximum atomic E-state index is 8.56. The van der Waals surface area contributed by atoms with E-state index in [1.807, 2.05) is 0 Å². The highest BCUT2D eigenvalue weighted by molar-refractivity contribution is 4.79. The standard InChI is InChI=1S/C8H17NO/c1-7-4-5-8(9-7)3-2-6-10/h7-10H,2-6H2,1H3. The summed E-state index contributed by atoms with van der Waals surface area (Å²) in [5.41, 5.74) is 0. The van der Waals surface area contributed by atoms with Gasteiger partial charge in [0.15, 0.2) is 0 Å². The lowest BCUT2D eigenvalue weighted by atomic mass is 10.1. The summed E-state index contributed by atoms with van der Waals surface area (Å²) in [5, 5.41) is 12.0. The van der Waals surface area contributed by atoms with Crippen molar-refractivity contribution in [3.8, 4) is 0 Å². The molecule has 60 valence electrons. The first-order chi connectivity index (χ1) is 4.83. The highest BCUT2D eigenvalue weighted by Gasteiger charge is 2.18. The first-order valence-electron chi connectivity index (χ1n) is 4.20. The molecule has 2 N–H and O–H groups in total. The van der Waals surface area contributed by atoms with Crippen LogP contribution >= 0.6 is 0 Å². The van der Waals surface area contributed by atoms with Gasteiger partial charge in [0, 0.05) is 18.7 Å². The molecule has 0 aromatic carbocycles. The zero-order chi connectivity index (χ0) is 7.40. The molecule has 0 aromatic rings. The monoisotopic (exact) mass is 143 g/mol. The number of nitrogens with one attached hydrogen (secondary N) is 1. The van der Waals surface area contributed by atoms with E-state index in [-0.39, 0.29) is 0 Å². The van der Waals surface area contributed by atoms with Crippen LogP contribution in [0.4, 0.5) is 0 Å². The molecule has 2 nitrogen and oxygen atoms in total. The molecule has 1 heterocycles. The van der Waals surface area contributed by atoms with Crippen molar-refractivity contribution in [3.63, 3.8) is 0 Å². The van der Waals surface area contributed by atoms with E-state index >= 15 is 0 Å². The van der Waals surface area contributed by atoms with E-state index in [1.165, 1.54) is 12.8 Å². The quantitative estimate of drug-likeness (QED) is 0.615. The van der Waals surface area contributed by atoms with Crippen LogP contribution < -0.4 is 5.32 Å². The fourth-order valence-electron chi connectivity index (χ4n) is 1.59. The van der Waals surface area contributed by atoms with Crippen LogP contribution in [0.5, 0.6) is 0 Å². The number of hydrogen-bond donors (Lipinski definition) is 2. The van der Waals surface area contributed by atoms with Gasteiger partial charge < -0.3 is 10.4 Å². The smallest absolute Gasteiger partial charge is 0.0431 e. The molecular weight excluding hydrogens is 126 g/mol. The highest BCUT2D eigenvalue weighted by atomic mass is 16.2. The van der Waals surface area contributed by atoms with Crippen LogP contribution in [0.3, 0.4) is 0 Å². The van der Waals surface area contributed by atoms with Crippen LogP contribution in [0.25, 0.3) is 0 Å². The second kappa shape index (κ2) is 3.94. The van der Waals surface area contributed by atoms with E-state index in [0.29, 0.717) is 18.7 Å². The average molecular weight is 143 g/mol. The van der Waals surface area contributed by atoms with Crippen molar-refractivity contribution in [2.75, 3.05) is 6.61 Å². The van der Waals surface area contributed by atoms with Crippen molar-refractivity contribution in [1.82, 2.24) is 5.32 Å². The topological polar surface area (TPSA) is 32.3 Å². The molecule has 1 rings (SSSR count). The van der Waals surface area contributed by atoms with Crippen LogP contribution in [0.15, 0.2) is 0 Å². The normalized spacial score (nSPS) is 33.0. The second-order valence-electron chi connectivity index (χ2n) is 3.21. The van der Waals surface area contributed by atoms with Gasteiger partial charge in [0.25, 0.3) is 0 Å². The number of aliphatic hydroxyl groups excluding tert-OH is 1. The lowest BCUT2D eigenvalue weighted by molar-refractivity contribution is 0.277. The summed E-state index contributed by atoms with van der Waals surface area (Å²) in [5.74, 6) is 0. The Morgan fingerprint density at radius 3 is 2.80 bits per heavy atom. The third kappa shape index (κ3) is 2.27. The summed E-state index contributed by atoms with van der Waals surface area (Å²) in [6, 6.07) is 1.38. The van der Waals surface area contributed by atoms with Crippen LogP contribution in [-0.2, 0) is 0 Å². The van der Waals surface area contributed by atoms with Gasteiger partial charge in [-0.15, -0.1) is 0 Å². The highest BCUT2D eigenvalue weighted by Crippen LogP contribution is 2.15. The number of aliphatic hydroxyl groups is 1. The molecule has 1 aliphatic rings. The molecule has 1 saturated heterocycles. The van der Waals surface area contributed by atoms with E-state index in [9.17, 15) is 0 Å². The van der Waals surface area contributed by atoms with Gasteiger partial charge >= 0.3 is 0 Å². The lowest BCUT2D eigenvalue weighted by Crippen LogP contribution is -2.27. The zero-order valence-corrected chi connectivity index (χ0v) is 6.64. The van der Waals surface area contributed by atoms with Crippen molar-refractivity contribution in [1.29, 1.82) is 0 Å². The summed E-state index contributed by atoms with van der Waals surface area (Å²) in [4.78, 5) is 0. The molecular formula is C8H17NO. The van der Waals surface area contributed by atoms with Gasteiger partial charge in [-0.25, -0.2) is 0 Å². The maximum Gasteiger partial charge on any atom is 0.0431 e. The fraction of sp³-hybridized carbons (Fsp3) is 1.00. The molecule has 2 unspecified atom stereocenters. The fourth-order valence-corrected chi connectivity index (χ4v) is 1.59. The first kappa shape index (κ1) is 8.02. The van der Waals surface area contributed by atoms with Crippen LogP contribution in [0, 0.1) is 0 Å². The Labute approximate surface area is 62.6 Å². The van der Waals surface area contributed by atoms with Crippen LogP contribution in [0.2, 0.25) is 0 Å². The van der Waals surface area contributed by atoms with E-state index in [2.05, 4.69) is 12.2 Å². The zero-order valence-electron chi connectivity index (χ0n) is 6.64. The number of hydrogen-bond acceptors (Lipinski definition) is 2. The average Bonchev–Trinajstić information content (AvgIpc) is 2.31. The van der Waals surface area contributed by atoms with Gasteiger partial charge in [0.1, 0.15) is 0 Å². The summed E-state index contributed by atoms with van der Waals surface area (Å²) in [7, 11) is 0. The molecule has 1 fully saturated rings. The van der Waals surface area contributed by atoms with Crippen molar-refractivity contribution in [2.24, 2.45) is 0 Å². The van der Waals surface area contributed by atoms with Crippen LogP contribution in [-0.4, -0.2) is 23.8 Å². The molecule has 0 amide bonds. The molecule has 2 atom stereocenters. The first-order valence-corrected chi connectivity index (χ1v) is 4.20. The molecule has 2 heteroatoms. The minimum atomic E-state index is 0.340. The summed E-state index contributed by atoms with van der Waals surface area (Å²) >= 11 is 0. The Hall–Kier alpha value is -0.0800. The van der Waals surface area contributed by atoms with Crippen molar-refractivity contribution >= 4 is 0 Å². The SMILES string of the molecule is CC1CCC(CCCO)N1. The van der Waals surface area contributed by atoms with Gasteiger partial charge in [0.05, 0.1) is 0 Å². The Kier molecular flexibility index (Phi) is 3.16. The molecule has 1 aliphatic heterocycles. The second-order valence-corrected chi connectivity index (χ2v) is 3.21. The van der Waals surface area contributed by atoms with Crippen LogP contribution in [0.1, 0.15) is 32.6 Å². The van der Waals surface area contributed by atoms with Gasteiger partial charge in [-0.1, -0.05) is 0 Å². The summed E-state index contributed by atoms with van der Waals surface area (Å²) in [6.07, 6.45) is 4.68. The van der Waals surface area contributed by atoms with Crippen molar-refractivity contribution in [3.05, 3.63) is 0 Å². The molecule has 0 aromatic heterocycles. The Bertz CT molecular complexity index is 95.3. The Balaban J connectivity index is 2.06. The third-order valence-corrected chi connectivity index (χ3v) is 2.18. The summed E-state index contributed by atoms with van der Waals surface area (Å²) in [6.45, 7) is 2.56. The van der Waals surface area contributed by atoms with E-state index < -0.39 is 0 Å². The molecule has 0 aliphatic carbocycles. The van der Waals surface area contributed by atoms with Gasteiger partial charge in [-0.05, 0) is 32.6 Å².